The summed E-state index contributed by atoms with van der Waals surface area (Å²) in [6.07, 6.45) is 3.37. The molecule has 0 bridgehead atoms. The van der Waals surface area contributed by atoms with Crippen molar-refractivity contribution in [3.8, 4) is 5.75 Å². The van der Waals surface area contributed by atoms with Gasteiger partial charge in [-0.15, -0.1) is 0 Å². The molecule has 1 N–H and O–H groups in total. The van der Waals surface area contributed by atoms with E-state index in [2.05, 4.69) is 5.10 Å². The summed E-state index contributed by atoms with van der Waals surface area (Å²) in [5.41, 5.74) is 0. The Kier molecular flexibility index (Phi) is 2.48. The molecule has 1 aromatic rings. The highest BCUT2D eigenvalue weighted by molar-refractivity contribution is 5.11. The molecule has 62 valence electrons. The van der Waals surface area contributed by atoms with Crippen LogP contribution in [0.1, 0.15) is 13.0 Å². The molecule has 0 fully saturated rings. The number of ether oxygens (including phenoxy) is 1. The van der Waals surface area contributed by atoms with Gasteiger partial charge in [-0.3, -0.25) is 4.68 Å². The van der Waals surface area contributed by atoms with E-state index in [0.29, 0.717) is 5.75 Å². The van der Waals surface area contributed by atoms with Crippen LogP contribution in [0.4, 0.5) is 0 Å². The predicted octanol–water partition coefficient (Wildman–Crippen LogP) is 0.445. The first-order valence-electron chi connectivity index (χ1n) is 3.47. The van der Waals surface area contributed by atoms with Crippen LogP contribution in [0.25, 0.3) is 0 Å². The van der Waals surface area contributed by atoms with E-state index in [4.69, 9.17) is 9.84 Å². The van der Waals surface area contributed by atoms with Gasteiger partial charge in [0.1, 0.15) is 0 Å². The second-order valence-corrected chi connectivity index (χ2v) is 2.39. The minimum atomic E-state index is 0.0129. The lowest BCUT2D eigenvalue weighted by Crippen LogP contribution is -2.09. The summed E-state index contributed by atoms with van der Waals surface area (Å²) < 4.78 is 6.59. The minimum Gasteiger partial charge on any atom is -0.493 e. The maximum Gasteiger partial charge on any atom is 0.156 e. The van der Waals surface area contributed by atoms with E-state index in [-0.39, 0.29) is 12.6 Å². The van der Waals surface area contributed by atoms with Crippen molar-refractivity contribution in [3.63, 3.8) is 0 Å². The van der Waals surface area contributed by atoms with Crippen molar-refractivity contribution in [3.05, 3.63) is 12.4 Å². The van der Waals surface area contributed by atoms with Gasteiger partial charge in [0.15, 0.2) is 5.75 Å². The summed E-state index contributed by atoms with van der Waals surface area (Å²) in [5.74, 6) is 0.713. The molecule has 0 radical (unpaired) electrons. The molecule has 0 aliphatic rings. The van der Waals surface area contributed by atoms with Crippen molar-refractivity contribution < 1.29 is 9.84 Å². The summed E-state index contributed by atoms with van der Waals surface area (Å²) in [6.45, 7) is 1.97. The first kappa shape index (κ1) is 8.07. The van der Waals surface area contributed by atoms with Gasteiger partial charge in [-0.1, -0.05) is 0 Å². The standard InChI is InChI=1S/C7H12N2O2/c1-6(5-10)9-4-7(11-2)3-8-9/h3-4,6,10H,5H2,1-2H3. The van der Waals surface area contributed by atoms with Crippen LogP contribution in [-0.2, 0) is 0 Å². The predicted molar refractivity (Wildman–Crippen MR) is 40.6 cm³/mol. The van der Waals surface area contributed by atoms with Crippen LogP contribution in [0.15, 0.2) is 12.4 Å². The van der Waals surface area contributed by atoms with Crippen LogP contribution < -0.4 is 4.74 Å². The van der Waals surface area contributed by atoms with Gasteiger partial charge in [-0.2, -0.15) is 5.10 Å². The number of rotatable bonds is 3. The normalized spacial score (nSPS) is 13.0. The lowest BCUT2D eigenvalue weighted by atomic mass is 10.4. The van der Waals surface area contributed by atoms with Gasteiger partial charge in [0, 0.05) is 0 Å². The molecular weight excluding hydrogens is 144 g/mol. The maximum atomic E-state index is 8.77. The molecule has 0 amide bonds. The van der Waals surface area contributed by atoms with Crippen molar-refractivity contribution in [2.24, 2.45) is 0 Å². The Hall–Kier alpha value is -1.03. The average Bonchev–Trinajstić information content (AvgIpc) is 2.50. The number of methoxy groups -OCH3 is 1. The highest BCUT2D eigenvalue weighted by atomic mass is 16.5. The number of hydrogen-bond acceptors (Lipinski definition) is 3. The fourth-order valence-electron chi connectivity index (χ4n) is 0.751. The molecule has 1 rings (SSSR count). The highest BCUT2D eigenvalue weighted by Gasteiger charge is 2.03. The van der Waals surface area contributed by atoms with Crippen LogP contribution in [-0.4, -0.2) is 28.6 Å². The van der Waals surface area contributed by atoms with E-state index >= 15 is 0 Å². The minimum absolute atomic E-state index is 0.0129. The van der Waals surface area contributed by atoms with E-state index in [1.807, 2.05) is 6.92 Å². The van der Waals surface area contributed by atoms with Crippen LogP contribution in [0.3, 0.4) is 0 Å². The third-order valence-corrected chi connectivity index (χ3v) is 1.53. The van der Waals surface area contributed by atoms with E-state index in [0.717, 1.165) is 0 Å². The van der Waals surface area contributed by atoms with E-state index in [9.17, 15) is 0 Å². The van der Waals surface area contributed by atoms with Crippen molar-refractivity contribution >= 4 is 0 Å². The first-order chi connectivity index (χ1) is 5.27. The van der Waals surface area contributed by atoms with Crippen molar-refractivity contribution in [1.82, 2.24) is 9.78 Å². The maximum absolute atomic E-state index is 8.77. The van der Waals surface area contributed by atoms with Crippen LogP contribution >= 0.6 is 0 Å². The SMILES string of the molecule is COc1cnn(C(C)CO)c1. The van der Waals surface area contributed by atoms with Crippen molar-refractivity contribution in [2.45, 2.75) is 13.0 Å². The Morgan fingerprint density at radius 2 is 2.55 bits per heavy atom. The molecule has 0 spiro atoms. The Balaban J connectivity index is 2.71. The summed E-state index contributed by atoms with van der Waals surface area (Å²) in [5, 5.41) is 12.8. The Morgan fingerprint density at radius 3 is 3.00 bits per heavy atom. The summed E-state index contributed by atoms with van der Waals surface area (Å²) in [6, 6.07) is 0.0129. The summed E-state index contributed by atoms with van der Waals surface area (Å²) in [7, 11) is 1.59. The highest BCUT2D eigenvalue weighted by Crippen LogP contribution is 2.10. The molecule has 1 unspecified atom stereocenters. The molecule has 4 nitrogen and oxygen atoms in total. The Bertz CT molecular complexity index is 222. The number of hydrogen-bond donors (Lipinski definition) is 1. The second kappa shape index (κ2) is 3.39. The zero-order chi connectivity index (χ0) is 8.27. The summed E-state index contributed by atoms with van der Waals surface area (Å²) in [4.78, 5) is 0. The van der Waals surface area contributed by atoms with Gasteiger partial charge in [0.25, 0.3) is 0 Å². The number of aliphatic hydroxyl groups is 1. The molecule has 4 heteroatoms. The fraction of sp³-hybridized carbons (Fsp3) is 0.571. The monoisotopic (exact) mass is 156 g/mol. The number of aliphatic hydroxyl groups excluding tert-OH is 1. The first-order valence-corrected chi connectivity index (χ1v) is 3.47. The van der Waals surface area contributed by atoms with Crippen molar-refractivity contribution in [2.75, 3.05) is 13.7 Å². The lowest BCUT2D eigenvalue weighted by Gasteiger charge is -2.06. The van der Waals surface area contributed by atoms with Crippen LogP contribution in [0.2, 0.25) is 0 Å². The molecule has 0 saturated carbocycles. The molecule has 1 heterocycles. The van der Waals surface area contributed by atoms with Gasteiger partial charge in [0.2, 0.25) is 0 Å². The lowest BCUT2D eigenvalue weighted by molar-refractivity contribution is 0.229. The topological polar surface area (TPSA) is 47.3 Å². The van der Waals surface area contributed by atoms with Gasteiger partial charge in [-0.25, -0.2) is 0 Å². The largest absolute Gasteiger partial charge is 0.493 e. The zero-order valence-corrected chi connectivity index (χ0v) is 6.69. The molecule has 1 aromatic heterocycles. The van der Waals surface area contributed by atoms with Gasteiger partial charge < -0.3 is 9.84 Å². The number of aromatic nitrogens is 2. The number of nitrogens with zero attached hydrogens (tertiary/aromatic N) is 2. The zero-order valence-electron chi connectivity index (χ0n) is 6.69. The molecule has 11 heavy (non-hydrogen) atoms. The molecule has 0 aliphatic heterocycles. The molecule has 1 atom stereocenters. The molecule has 0 aromatic carbocycles. The third kappa shape index (κ3) is 1.71. The molecule has 0 aliphatic carbocycles. The Morgan fingerprint density at radius 1 is 1.82 bits per heavy atom. The average molecular weight is 156 g/mol. The van der Waals surface area contributed by atoms with E-state index in [1.54, 1.807) is 24.2 Å². The fourth-order valence-corrected chi connectivity index (χ4v) is 0.751. The van der Waals surface area contributed by atoms with Crippen LogP contribution in [0, 0.1) is 0 Å². The summed E-state index contributed by atoms with van der Waals surface area (Å²) >= 11 is 0. The quantitative estimate of drug-likeness (QED) is 0.691. The van der Waals surface area contributed by atoms with E-state index < -0.39 is 0 Å². The smallest absolute Gasteiger partial charge is 0.156 e. The van der Waals surface area contributed by atoms with Crippen LogP contribution in [0.5, 0.6) is 5.75 Å². The molecule has 0 saturated heterocycles. The van der Waals surface area contributed by atoms with Crippen molar-refractivity contribution in [1.29, 1.82) is 0 Å². The van der Waals surface area contributed by atoms with Gasteiger partial charge >= 0.3 is 0 Å². The van der Waals surface area contributed by atoms with E-state index in [1.165, 1.54) is 0 Å². The van der Waals surface area contributed by atoms with Gasteiger partial charge in [0.05, 0.1) is 32.2 Å². The van der Waals surface area contributed by atoms with Gasteiger partial charge in [-0.05, 0) is 6.92 Å². The third-order valence-electron chi connectivity index (χ3n) is 1.53. The second-order valence-electron chi connectivity index (χ2n) is 2.39. The molecular formula is C7H12N2O2. The Labute approximate surface area is 65.4 Å².